The van der Waals surface area contributed by atoms with Gasteiger partial charge >= 0.3 is 0 Å². The van der Waals surface area contributed by atoms with Gasteiger partial charge in [0.05, 0.1) is 6.54 Å². The Hall–Kier alpha value is -1.16. The molecule has 3 N–H and O–H groups in total. The molecule has 0 atom stereocenters. The first-order valence-electron chi connectivity index (χ1n) is 9.40. The van der Waals surface area contributed by atoms with E-state index in [0.29, 0.717) is 19.6 Å². The van der Waals surface area contributed by atoms with Crippen LogP contribution in [0.5, 0.6) is 5.75 Å². The van der Waals surface area contributed by atoms with E-state index in [0.717, 1.165) is 38.2 Å². The number of likely N-dealkylation sites (tertiary alicyclic amines) is 1. The molecule has 2 rings (SSSR count). The standard InChI is InChI=1S/C19H30F2N4O.HI/c1-2-22-19(23-11-3-4-15-5-7-17(26)8-6-15)24-16-9-12-25(13-10-16)14-18(20)21;/h5-8,16,18,26H,2-4,9-14H2,1H3,(H2,22,23,24);1H. The number of hydrogen-bond acceptors (Lipinski definition) is 3. The lowest BCUT2D eigenvalue weighted by Crippen LogP contribution is -2.49. The highest BCUT2D eigenvalue weighted by molar-refractivity contribution is 14.0. The van der Waals surface area contributed by atoms with Gasteiger partial charge in [0, 0.05) is 32.2 Å². The molecule has 0 spiro atoms. The molecule has 0 saturated carbocycles. The molecule has 1 heterocycles. The first kappa shape index (κ1) is 23.9. The van der Waals surface area contributed by atoms with E-state index in [2.05, 4.69) is 15.6 Å². The van der Waals surface area contributed by atoms with Gasteiger partial charge < -0.3 is 15.7 Å². The maximum absolute atomic E-state index is 12.4. The van der Waals surface area contributed by atoms with E-state index in [4.69, 9.17) is 0 Å². The molecular weight excluding hydrogens is 465 g/mol. The van der Waals surface area contributed by atoms with Gasteiger partial charge in [-0.15, -0.1) is 24.0 Å². The molecule has 0 unspecified atom stereocenters. The summed E-state index contributed by atoms with van der Waals surface area (Å²) in [5, 5.41) is 16.0. The average Bonchev–Trinajstić information content (AvgIpc) is 2.61. The number of rotatable bonds is 8. The van der Waals surface area contributed by atoms with Gasteiger partial charge in [-0.3, -0.25) is 9.89 Å². The van der Waals surface area contributed by atoms with Gasteiger partial charge in [-0.2, -0.15) is 0 Å². The molecule has 1 aliphatic rings. The summed E-state index contributed by atoms with van der Waals surface area (Å²) in [6.07, 6.45) is 1.28. The zero-order valence-electron chi connectivity index (χ0n) is 15.8. The highest BCUT2D eigenvalue weighted by Gasteiger charge is 2.21. The number of halogens is 3. The summed E-state index contributed by atoms with van der Waals surface area (Å²) in [5.41, 5.74) is 1.18. The number of aromatic hydroxyl groups is 1. The van der Waals surface area contributed by atoms with Crippen LogP contribution in [0.4, 0.5) is 8.78 Å². The van der Waals surface area contributed by atoms with Gasteiger partial charge in [-0.05, 0) is 50.3 Å². The second-order valence-corrected chi connectivity index (χ2v) is 6.64. The summed E-state index contributed by atoms with van der Waals surface area (Å²) in [6, 6.07) is 7.53. The number of phenols is 1. The highest BCUT2D eigenvalue weighted by atomic mass is 127. The molecule has 5 nitrogen and oxygen atoms in total. The van der Waals surface area contributed by atoms with Gasteiger partial charge in [0.15, 0.2) is 5.96 Å². The van der Waals surface area contributed by atoms with Gasteiger partial charge in [0.2, 0.25) is 0 Å². The summed E-state index contributed by atoms with van der Waals surface area (Å²) in [7, 11) is 0. The molecule has 1 aromatic rings. The van der Waals surface area contributed by atoms with Crippen LogP contribution in [-0.2, 0) is 6.42 Å². The van der Waals surface area contributed by atoms with Crippen LogP contribution in [0.2, 0.25) is 0 Å². The Kier molecular flexibility index (Phi) is 11.6. The minimum absolute atomic E-state index is 0. The summed E-state index contributed by atoms with van der Waals surface area (Å²) >= 11 is 0. The van der Waals surface area contributed by atoms with Crippen molar-refractivity contribution in [1.29, 1.82) is 0 Å². The largest absolute Gasteiger partial charge is 0.508 e. The molecule has 1 aromatic carbocycles. The molecule has 0 aliphatic carbocycles. The van der Waals surface area contributed by atoms with Gasteiger partial charge in [-0.25, -0.2) is 8.78 Å². The van der Waals surface area contributed by atoms with Crippen LogP contribution >= 0.6 is 24.0 Å². The second-order valence-electron chi connectivity index (χ2n) is 6.64. The Balaban J connectivity index is 0.00000364. The van der Waals surface area contributed by atoms with Crippen molar-refractivity contribution in [1.82, 2.24) is 15.5 Å². The lowest BCUT2D eigenvalue weighted by atomic mass is 10.1. The smallest absolute Gasteiger partial charge is 0.251 e. The third kappa shape index (κ3) is 9.55. The number of aliphatic imine (C=N–C) groups is 1. The molecule has 0 radical (unpaired) electrons. The van der Waals surface area contributed by atoms with Crippen LogP contribution in [0, 0.1) is 0 Å². The van der Waals surface area contributed by atoms with E-state index < -0.39 is 6.43 Å². The molecule has 0 aromatic heterocycles. The Morgan fingerprint density at radius 1 is 1.26 bits per heavy atom. The lowest BCUT2D eigenvalue weighted by molar-refractivity contribution is 0.0744. The van der Waals surface area contributed by atoms with Crippen molar-refractivity contribution in [2.24, 2.45) is 4.99 Å². The molecular formula is C19H31F2IN4O. The summed E-state index contributed by atoms with van der Waals surface area (Å²) in [5.74, 6) is 1.08. The van der Waals surface area contributed by atoms with Crippen LogP contribution in [0.3, 0.4) is 0 Å². The van der Waals surface area contributed by atoms with E-state index >= 15 is 0 Å². The fraction of sp³-hybridized carbons (Fsp3) is 0.632. The number of alkyl halides is 2. The second kappa shape index (κ2) is 13.1. The predicted octanol–water partition coefficient (Wildman–Crippen LogP) is 3.23. The number of phenolic OH excluding ortho intramolecular Hbond substituents is 1. The van der Waals surface area contributed by atoms with Crippen molar-refractivity contribution in [3.63, 3.8) is 0 Å². The van der Waals surface area contributed by atoms with E-state index in [1.54, 1.807) is 12.1 Å². The number of benzene rings is 1. The number of nitrogens with one attached hydrogen (secondary N) is 2. The normalized spacial score (nSPS) is 16.2. The van der Waals surface area contributed by atoms with Crippen molar-refractivity contribution in [3.05, 3.63) is 29.8 Å². The van der Waals surface area contributed by atoms with E-state index in [-0.39, 0.29) is 42.3 Å². The van der Waals surface area contributed by atoms with Crippen molar-refractivity contribution >= 4 is 29.9 Å². The zero-order chi connectivity index (χ0) is 18.8. The third-order valence-electron chi connectivity index (χ3n) is 4.50. The van der Waals surface area contributed by atoms with Crippen molar-refractivity contribution in [3.8, 4) is 5.75 Å². The number of nitrogens with zero attached hydrogens (tertiary/aromatic N) is 2. The Bertz CT molecular complexity index is 549. The van der Waals surface area contributed by atoms with Gasteiger partial charge in [0.25, 0.3) is 6.43 Å². The predicted molar refractivity (Wildman–Crippen MR) is 116 cm³/mol. The number of guanidine groups is 1. The van der Waals surface area contributed by atoms with Crippen LogP contribution in [0.1, 0.15) is 31.7 Å². The van der Waals surface area contributed by atoms with Crippen LogP contribution < -0.4 is 10.6 Å². The third-order valence-corrected chi connectivity index (χ3v) is 4.50. The van der Waals surface area contributed by atoms with Crippen LogP contribution in [0.15, 0.2) is 29.3 Å². The Morgan fingerprint density at radius 3 is 2.52 bits per heavy atom. The maximum Gasteiger partial charge on any atom is 0.251 e. The zero-order valence-corrected chi connectivity index (χ0v) is 18.2. The van der Waals surface area contributed by atoms with Crippen molar-refractivity contribution < 1.29 is 13.9 Å². The molecule has 0 bridgehead atoms. The molecule has 154 valence electrons. The van der Waals surface area contributed by atoms with Gasteiger partial charge in [0.1, 0.15) is 5.75 Å². The first-order valence-corrected chi connectivity index (χ1v) is 9.40. The molecule has 27 heavy (non-hydrogen) atoms. The quantitative estimate of drug-likeness (QED) is 0.224. The summed E-state index contributed by atoms with van der Waals surface area (Å²) in [6.45, 7) is 4.79. The summed E-state index contributed by atoms with van der Waals surface area (Å²) < 4.78 is 24.9. The lowest BCUT2D eigenvalue weighted by Gasteiger charge is -2.32. The minimum atomic E-state index is -2.26. The maximum atomic E-state index is 12.4. The fourth-order valence-corrected chi connectivity index (χ4v) is 3.11. The van der Waals surface area contributed by atoms with E-state index in [1.165, 1.54) is 5.56 Å². The Labute approximate surface area is 177 Å². The fourth-order valence-electron chi connectivity index (χ4n) is 3.11. The average molecular weight is 496 g/mol. The van der Waals surface area contributed by atoms with E-state index in [9.17, 15) is 13.9 Å². The monoisotopic (exact) mass is 496 g/mol. The van der Waals surface area contributed by atoms with Gasteiger partial charge in [-0.1, -0.05) is 12.1 Å². The SMILES string of the molecule is CCNC(=NCCCc1ccc(O)cc1)NC1CCN(CC(F)F)CC1.I. The van der Waals surface area contributed by atoms with E-state index in [1.807, 2.05) is 24.0 Å². The highest BCUT2D eigenvalue weighted by Crippen LogP contribution is 2.12. The van der Waals surface area contributed by atoms with Crippen molar-refractivity contribution in [2.75, 3.05) is 32.7 Å². The van der Waals surface area contributed by atoms with Crippen molar-refractivity contribution in [2.45, 2.75) is 45.1 Å². The Morgan fingerprint density at radius 2 is 1.93 bits per heavy atom. The molecule has 1 saturated heterocycles. The molecule has 8 heteroatoms. The number of aryl methyl sites for hydroxylation is 1. The summed E-state index contributed by atoms with van der Waals surface area (Å²) in [4.78, 5) is 6.44. The first-order chi connectivity index (χ1) is 12.6. The molecule has 0 amide bonds. The van der Waals surface area contributed by atoms with Crippen LogP contribution in [0.25, 0.3) is 0 Å². The van der Waals surface area contributed by atoms with Crippen LogP contribution in [-0.4, -0.2) is 61.2 Å². The minimum Gasteiger partial charge on any atom is -0.508 e. The topological polar surface area (TPSA) is 59.9 Å². The number of hydrogen-bond donors (Lipinski definition) is 3. The number of piperidine rings is 1. The molecule has 1 aliphatic heterocycles. The molecule has 1 fully saturated rings.